The number of carbonyl (C=O) groups is 1. The molecular formula is C4H8O2S. The number of hydrogen-bond donors (Lipinski definition) is 1. The van der Waals surface area contributed by atoms with Gasteiger partial charge >= 0.3 is 5.97 Å². The van der Waals surface area contributed by atoms with Crippen LogP contribution in [0.1, 0.15) is 6.42 Å². The Kier molecular flexibility index (Phi) is 2.83. The zero-order valence-corrected chi connectivity index (χ0v) is 4.96. The van der Waals surface area contributed by atoms with Crippen molar-refractivity contribution in [2.24, 2.45) is 0 Å². The molecule has 0 amide bonds. The van der Waals surface area contributed by atoms with E-state index in [2.05, 4.69) is 4.74 Å². The van der Waals surface area contributed by atoms with Gasteiger partial charge in [-0.1, -0.05) is 0 Å². The Morgan fingerprint density at radius 2 is 2.86 bits per heavy atom. The van der Waals surface area contributed by atoms with Gasteiger partial charge in [-0.3, -0.25) is 4.79 Å². The SMILES string of the molecule is [3H]SCCC(=O)OC. The molecule has 3 heteroatoms. The summed E-state index contributed by atoms with van der Waals surface area (Å²) in [5.41, 5.74) is 0. The molecule has 2 nitrogen and oxygen atoms in total. The highest BCUT2D eigenvalue weighted by Crippen LogP contribution is 1.84. The molecule has 0 rings (SSSR count). The average molecular weight is 122 g/mol. The van der Waals surface area contributed by atoms with Crippen LogP contribution in [0.2, 0.25) is 0 Å². The van der Waals surface area contributed by atoms with Gasteiger partial charge in [-0.2, -0.15) is 12.5 Å². The van der Waals surface area contributed by atoms with E-state index in [1.165, 1.54) is 7.11 Å². The summed E-state index contributed by atoms with van der Waals surface area (Å²) in [6, 6.07) is 0. The summed E-state index contributed by atoms with van der Waals surface area (Å²) in [5, 5.41) is 0. The molecule has 0 bridgehead atoms. The molecule has 0 aliphatic rings. The molecule has 0 N–H and O–H groups in total. The van der Waals surface area contributed by atoms with Gasteiger partial charge in [0.25, 0.3) is 0 Å². The lowest BCUT2D eigenvalue weighted by Gasteiger charge is -1.90. The van der Waals surface area contributed by atoms with Crippen LogP contribution in [0.25, 0.3) is 0 Å². The van der Waals surface area contributed by atoms with Crippen LogP contribution in [0.3, 0.4) is 0 Å². The van der Waals surface area contributed by atoms with Gasteiger partial charge in [0, 0.05) is 5.75 Å². The molecule has 0 aromatic heterocycles. The van der Waals surface area contributed by atoms with E-state index in [1.807, 2.05) is 0 Å². The van der Waals surface area contributed by atoms with Crippen LogP contribution < -0.4 is 0 Å². The fourth-order valence-corrected chi connectivity index (χ4v) is 0.352. The zero-order chi connectivity index (χ0) is 6.41. The van der Waals surface area contributed by atoms with Gasteiger partial charge in [0.2, 0.25) is 0 Å². The third kappa shape index (κ3) is 3.66. The predicted octanol–water partition coefficient (Wildman–Crippen LogP) is 0.479. The van der Waals surface area contributed by atoms with Gasteiger partial charge in [-0.05, 0) is 0 Å². The molecule has 42 valence electrons. The Bertz CT molecular complexity index is 76.4. The maximum absolute atomic E-state index is 10.3. The second-order valence-electron chi connectivity index (χ2n) is 1.03. The minimum atomic E-state index is -0.246. The van der Waals surface area contributed by atoms with Crippen LogP contribution in [0.5, 0.6) is 0 Å². The summed E-state index contributed by atoms with van der Waals surface area (Å²) in [4.78, 5) is 10.3. The molecule has 0 spiro atoms. The van der Waals surface area contributed by atoms with E-state index < -0.39 is 0 Å². The Hall–Kier alpha value is -0.180. The van der Waals surface area contributed by atoms with Crippen LogP contribution in [-0.4, -0.2) is 20.0 Å². The third-order valence-electron chi connectivity index (χ3n) is 0.534. The molecule has 0 aromatic carbocycles. The lowest BCUT2D eigenvalue weighted by Crippen LogP contribution is -1.99. The number of ether oxygens (including phenoxy) is 1. The van der Waals surface area contributed by atoms with Gasteiger partial charge in [-0.25, -0.2) is 0 Å². The molecule has 0 fully saturated rings. The Labute approximate surface area is 49.4 Å². The molecule has 0 aliphatic heterocycles. The van der Waals surface area contributed by atoms with Crippen molar-refractivity contribution in [3.63, 3.8) is 0 Å². The molecule has 0 saturated heterocycles. The summed E-state index contributed by atoms with van der Waals surface area (Å²) in [6.45, 7) is 0. The van der Waals surface area contributed by atoms with E-state index in [0.717, 1.165) is 12.5 Å². The second-order valence-corrected chi connectivity index (χ2v) is 1.44. The summed E-state index contributed by atoms with van der Waals surface area (Å²) >= 11 is 0.894. The van der Waals surface area contributed by atoms with Gasteiger partial charge in [-0.15, -0.1) is 0 Å². The highest BCUT2D eigenvalue weighted by Gasteiger charge is 1.93. The summed E-state index contributed by atoms with van der Waals surface area (Å²) in [7, 11) is 1.34. The Balaban J connectivity index is 2.99. The highest BCUT2D eigenvalue weighted by atomic mass is 32.1. The number of esters is 1. The average Bonchev–Trinajstić information content (AvgIpc) is 1.83. The van der Waals surface area contributed by atoms with Crippen LogP contribution in [0.4, 0.5) is 0 Å². The van der Waals surface area contributed by atoms with Gasteiger partial charge < -0.3 is 4.74 Å². The minimum Gasteiger partial charge on any atom is -0.469 e. The van der Waals surface area contributed by atoms with Crippen LogP contribution in [-0.2, 0) is 9.53 Å². The number of thiol groups is 1. The highest BCUT2D eigenvalue weighted by molar-refractivity contribution is 7.80. The molecule has 0 heterocycles. The first-order valence-electron chi connectivity index (χ1n) is 2.37. The number of methoxy groups -OCH3 is 1. The first-order chi connectivity index (χ1) is 3.81. The smallest absolute Gasteiger partial charge is 0.306 e. The van der Waals surface area contributed by atoms with E-state index in [0.29, 0.717) is 12.2 Å². The van der Waals surface area contributed by atoms with E-state index in [9.17, 15) is 4.79 Å². The first-order valence-corrected chi connectivity index (χ1v) is 2.54. The Morgan fingerprint density at radius 3 is 3.29 bits per heavy atom. The topological polar surface area (TPSA) is 26.3 Å². The monoisotopic (exact) mass is 122 g/mol. The number of hydrogen-bond acceptors (Lipinski definition) is 3. The first kappa shape index (κ1) is 4.97. The van der Waals surface area contributed by atoms with Gasteiger partial charge in [0.05, 0.1) is 13.5 Å². The fraction of sp³-hybridized carbons (Fsp3) is 0.750. The normalized spacial score (nSPS) is 10.1. The lowest BCUT2D eigenvalue weighted by molar-refractivity contribution is -0.140. The van der Waals surface area contributed by atoms with Crippen molar-refractivity contribution >= 4 is 18.5 Å². The van der Waals surface area contributed by atoms with Crippen molar-refractivity contribution in [3.8, 4) is 0 Å². The lowest BCUT2D eigenvalue weighted by atomic mass is 10.5. The molecule has 0 aliphatic carbocycles. The minimum absolute atomic E-state index is 0.246. The van der Waals surface area contributed by atoms with Crippen molar-refractivity contribution in [1.29, 1.82) is 1.12 Å². The molecule has 0 radical (unpaired) electrons. The quantitative estimate of drug-likeness (QED) is 0.435. The molecular weight excluding hydrogens is 112 g/mol. The summed E-state index contributed by atoms with van der Waals surface area (Å²) in [5.74, 6) is 0.275. The summed E-state index contributed by atoms with van der Waals surface area (Å²) in [6.07, 6.45) is 0.338. The van der Waals surface area contributed by atoms with Crippen LogP contribution in [0, 0.1) is 0 Å². The fourth-order valence-electron chi connectivity index (χ4n) is 0.185. The predicted molar refractivity (Wildman–Crippen MR) is 30.5 cm³/mol. The van der Waals surface area contributed by atoms with Crippen molar-refractivity contribution in [3.05, 3.63) is 0 Å². The molecule has 0 aromatic rings. The maximum Gasteiger partial charge on any atom is 0.306 e. The van der Waals surface area contributed by atoms with Crippen LogP contribution in [0.15, 0.2) is 0 Å². The summed E-state index contributed by atoms with van der Waals surface area (Å²) < 4.78 is 10.9. The van der Waals surface area contributed by atoms with Crippen molar-refractivity contribution in [1.82, 2.24) is 0 Å². The standard InChI is InChI=1S/C4H8O2S/c1-6-4(5)2-3-7/h7H,2-3H2,1H3/i/hT. The van der Waals surface area contributed by atoms with E-state index in [-0.39, 0.29) is 5.97 Å². The van der Waals surface area contributed by atoms with Crippen molar-refractivity contribution in [2.75, 3.05) is 12.9 Å². The third-order valence-corrected chi connectivity index (χ3v) is 0.738. The number of carbonyl (C=O) groups excluding carboxylic acids is 1. The molecule has 0 atom stereocenters. The Morgan fingerprint density at radius 1 is 2.14 bits per heavy atom. The van der Waals surface area contributed by atoms with Crippen LogP contribution >= 0.6 is 12.5 Å². The van der Waals surface area contributed by atoms with Gasteiger partial charge in [0.1, 0.15) is 1.12 Å². The van der Waals surface area contributed by atoms with E-state index in [1.54, 1.807) is 0 Å². The van der Waals surface area contributed by atoms with Crippen molar-refractivity contribution in [2.45, 2.75) is 6.42 Å². The van der Waals surface area contributed by atoms with Crippen molar-refractivity contribution < 1.29 is 9.53 Å². The van der Waals surface area contributed by atoms with Gasteiger partial charge in [0.15, 0.2) is 0 Å². The van der Waals surface area contributed by atoms with E-state index in [4.69, 9.17) is 1.12 Å². The van der Waals surface area contributed by atoms with E-state index >= 15 is 0 Å². The molecule has 0 unspecified atom stereocenters. The maximum atomic E-state index is 10.3. The second kappa shape index (κ2) is 3.99. The number of rotatable bonds is 3. The molecule has 0 saturated carbocycles. The largest absolute Gasteiger partial charge is 0.469 e. The molecule has 7 heavy (non-hydrogen) atoms. The zero-order valence-electron chi connectivity index (χ0n) is 5.14.